The van der Waals surface area contributed by atoms with Crippen LogP contribution in [0.15, 0.2) is 30.3 Å². The fourth-order valence-corrected chi connectivity index (χ4v) is 3.30. The predicted molar refractivity (Wildman–Crippen MR) is 82.6 cm³/mol. The highest BCUT2D eigenvalue weighted by Gasteiger charge is 2.39. The van der Waals surface area contributed by atoms with E-state index in [9.17, 15) is 9.59 Å². The van der Waals surface area contributed by atoms with E-state index >= 15 is 0 Å². The Bertz CT molecular complexity index is 538. The molecule has 0 saturated heterocycles. The minimum atomic E-state index is -0.716. The maximum absolute atomic E-state index is 12.0. The van der Waals surface area contributed by atoms with E-state index in [1.54, 1.807) is 0 Å². The summed E-state index contributed by atoms with van der Waals surface area (Å²) in [6, 6.07) is 10.4. The Hall–Kier alpha value is -2.04. The van der Waals surface area contributed by atoms with Crippen molar-refractivity contribution in [3.05, 3.63) is 35.9 Å². The van der Waals surface area contributed by atoms with Gasteiger partial charge in [0.15, 0.2) is 0 Å². The Kier molecular flexibility index (Phi) is 4.32. The van der Waals surface area contributed by atoms with Gasteiger partial charge in [-0.2, -0.15) is 0 Å². The molecule has 2 aliphatic carbocycles. The molecule has 0 spiro atoms. The van der Waals surface area contributed by atoms with Gasteiger partial charge in [0, 0.05) is 18.0 Å². The molecule has 0 aromatic heterocycles. The van der Waals surface area contributed by atoms with Crippen LogP contribution in [0.5, 0.6) is 0 Å². The van der Waals surface area contributed by atoms with Crippen LogP contribution in [0.3, 0.4) is 0 Å². The SMILES string of the molecule is O=C(NC1CCC(C(=O)O)CC1)N[C@@H]1C[C@H]1c1ccccc1. The number of carboxylic acid groups (broad SMARTS) is 1. The van der Waals surface area contributed by atoms with Gasteiger partial charge in [0.2, 0.25) is 0 Å². The number of hydrogen-bond donors (Lipinski definition) is 3. The van der Waals surface area contributed by atoms with Crippen molar-refractivity contribution < 1.29 is 14.7 Å². The van der Waals surface area contributed by atoms with Crippen LogP contribution in [-0.4, -0.2) is 29.2 Å². The molecule has 0 bridgehead atoms. The first-order valence-electron chi connectivity index (χ1n) is 7.98. The van der Waals surface area contributed by atoms with Gasteiger partial charge in [0.25, 0.3) is 0 Å². The van der Waals surface area contributed by atoms with Gasteiger partial charge >= 0.3 is 12.0 Å². The lowest BCUT2D eigenvalue weighted by atomic mass is 9.86. The van der Waals surface area contributed by atoms with Gasteiger partial charge in [-0.05, 0) is 37.7 Å². The molecule has 2 amide bonds. The van der Waals surface area contributed by atoms with E-state index in [2.05, 4.69) is 22.8 Å². The molecular formula is C17H22N2O3. The second-order valence-electron chi connectivity index (χ2n) is 6.36. The number of nitrogens with one attached hydrogen (secondary N) is 2. The van der Waals surface area contributed by atoms with Crippen molar-refractivity contribution in [2.45, 2.75) is 50.1 Å². The lowest BCUT2D eigenvalue weighted by molar-refractivity contribution is -0.142. The first-order chi connectivity index (χ1) is 10.6. The molecule has 0 unspecified atom stereocenters. The minimum Gasteiger partial charge on any atom is -0.481 e. The van der Waals surface area contributed by atoms with Crippen LogP contribution in [0.1, 0.15) is 43.6 Å². The number of carboxylic acids is 1. The summed E-state index contributed by atoms with van der Waals surface area (Å²) in [4.78, 5) is 22.9. The van der Waals surface area contributed by atoms with Gasteiger partial charge in [-0.25, -0.2) is 4.79 Å². The molecule has 0 aliphatic heterocycles. The van der Waals surface area contributed by atoms with E-state index in [1.807, 2.05) is 18.2 Å². The third-order valence-electron chi connectivity index (χ3n) is 4.75. The zero-order chi connectivity index (χ0) is 15.5. The normalized spacial score (nSPS) is 30.4. The van der Waals surface area contributed by atoms with E-state index in [-0.39, 0.29) is 24.0 Å². The van der Waals surface area contributed by atoms with Crippen LogP contribution >= 0.6 is 0 Å². The highest BCUT2D eigenvalue weighted by molar-refractivity contribution is 5.75. The Morgan fingerprint density at radius 3 is 2.32 bits per heavy atom. The quantitative estimate of drug-likeness (QED) is 0.799. The number of hydrogen-bond acceptors (Lipinski definition) is 2. The van der Waals surface area contributed by atoms with Crippen molar-refractivity contribution in [1.29, 1.82) is 0 Å². The summed E-state index contributed by atoms with van der Waals surface area (Å²) in [5.74, 6) is -0.534. The molecule has 2 fully saturated rings. The maximum Gasteiger partial charge on any atom is 0.315 e. The zero-order valence-electron chi connectivity index (χ0n) is 12.5. The van der Waals surface area contributed by atoms with Crippen LogP contribution in [0, 0.1) is 5.92 Å². The average Bonchev–Trinajstić information content (AvgIpc) is 3.27. The van der Waals surface area contributed by atoms with Gasteiger partial charge in [-0.3, -0.25) is 4.79 Å². The molecular weight excluding hydrogens is 280 g/mol. The molecule has 2 saturated carbocycles. The molecule has 5 heteroatoms. The largest absolute Gasteiger partial charge is 0.481 e. The van der Waals surface area contributed by atoms with E-state index in [0.717, 1.165) is 19.3 Å². The number of carbonyl (C=O) groups excluding carboxylic acids is 1. The van der Waals surface area contributed by atoms with Crippen LogP contribution in [0.4, 0.5) is 4.79 Å². The van der Waals surface area contributed by atoms with Crippen LogP contribution in [-0.2, 0) is 4.79 Å². The summed E-state index contributed by atoms with van der Waals surface area (Å²) >= 11 is 0. The molecule has 118 valence electrons. The Morgan fingerprint density at radius 2 is 1.68 bits per heavy atom. The number of urea groups is 1. The van der Waals surface area contributed by atoms with E-state index in [0.29, 0.717) is 18.8 Å². The van der Waals surface area contributed by atoms with Gasteiger partial charge in [0.05, 0.1) is 5.92 Å². The topological polar surface area (TPSA) is 78.4 Å². The third-order valence-corrected chi connectivity index (χ3v) is 4.75. The van der Waals surface area contributed by atoms with Crippen LogP contribution in [0.25, 0.3) is 0 Å². The highest BCUT2D eigenvalue weighted by atomic mass is 16.4. The summed E-state index contributed by atoms with van der Waals surface area (Å²) in [7, 11) is 0. The number of amides is 2. The van der Waals surface area contributed by atoms with Gasteiger partial charge < -0.3 is 15.7 Å². The number of benzene rings is 1. The van der Waals surface area contributed by atoms with Crippen LogP contribution < -0.4 is 10.6 Å². The Balaban J connectivity index is 1.40. The monoisotopic (exact) mass is 302 g/mol. The van der Waals surface area contributed by atoms with Crippen molar-refractivity contribution in [1.82, 2.24) is 10.6 Å². The van der Waals surface area contributed by atoms with Crippen molar-refractivity contribution in [2.75, 3.05) is 0 Å². The molecule has 0 heterocycles. The first-order valence-corrected chi connectivity index (χ1v) is 7.98. The molecule has 1 aromatic carbocycles. The van der Waals surface area contributed by atoms with Crippen molar-refractivity contribution in [2.24, 2.45) is 5.92 Å². The lowest BCUT2D eigenvalue weighted by Crippen LogP contribution is -2.45. The predicted octanol–water partition coefficient (Wildman–Crippen LogP) is 2.49. The molecule has 22 heavy (non-hydrogen) atoms. The molecule has 5 nitrogen and oxygen atoms in total. The van der Waals surface area contributed by atoms with Crippen LogP contribution in [0.2, 0.25) is 0 Å². The highest BCUT2D eigenvalue weighted by Crippen LogP contribution is 2.40. The number of carbonyl (C=O) groups is 2. The fourth-order valence-electron chi connectivity index (χ4n) is 3.30. The van der Waals surface area contributed by atoms with E-state index in [1.165, 1.54) is 5.56 Å². The Labute approximate surface area is 130 Å². The molecule has 0 radical (unpaired) electrons. The minimum absolute atomic E-state index is 0.101. The number of aliphatic carboxylic acids is 1. The van der Waals surface area contributed by atoms with E-state index in [4.69, 9.17) is 5.11 Å². The molecule has 2 aliphatic rings. The summed E-state index contributed by atoms with van der Waals surface area (Å²) in [5, 5.41) is 15.0. The van der Waals surface area contributed by atoms with Crippen molar-refractivity contribution >= 4 is 12.0 Å². The van der Waals surface area contributed by atoms with Crippen molar-refractivity contribution in [3.63, 3.8) is 0 Å². The van der Waals surface area contributed by atoms with Gasteiger partial charge in [-0.15, -0.1) is 0 Å². The molecule has 3 rings (SSSR count). The first kappa shape index (κ1) is 14.9. The average molecular weight is 302 g/mol. The second kappa shape index (κ2) is 6.38. The summed E-state index contributed by atoms with van der Waals surface area (Å²) in [6.07, 6.45) is 3.78. The molecule has 3 N–H and O–H groups in total. The van der Waals surface area contributed by atoms with Gasteiger partial charge in [-0.1, -0.05) is 30.3 Å². The molecule has 1 aromatic rings. The van der Waals surface area contributed by atoms with Crippen molar-refractivity contribution in [3.8, 4) is 0 Å². The smallest absolute Gasteiger partial charge is 0.315 e. The van der Waals surface area contributed by atoms with E-state index < -0.39 is 5.97 Å². The summed E-state index contributed by atoms with van der Waals surface area (Å²) < 4.78 is 0. The third kappa shape index (κ3) is 3.59. The summed E-state index contributed by atoms with van der Waals surface area (Å²) in [6.45, 7) is 0. The standard InChI is InChI=1S/C17H22N2O3/c20-16(21)12-6-8-13(9-7-12)18-17(22)19-15-10-14(15)11-4-2-1-3-5-11/h1-5,12-15H,6-10H2,(H,20,21)(H2,18,19,22)/t12?,13?,14-,15+/m0/s1. The maximum atomic E-state index is 12.0. The van der Waals surface area contributed by atoms with Gasteiger partial charge in [0.1, 0.15) is 0 Å². The zero-order valence-corrected chi connectivity index (χ0v) is 12.5. The second-order valence-corrected chi connectivity index (χ2v) is 6.36. The summed E-state index contributed by atoms with van der Waals surface area (Å²) in [5.41, 5.74) is 1.27. The molecule has 2 atom stereocenters. The number of rotatable bonds is 4. The Morgan fingerprint density at radius 1 is 1.00 bits per heavy atom. The fraction of sp³-hybridized carbons (Fsp3) is 0.529. The lowest BCUT2D eigenvalue weighted by Gasteiger charge is -2.26.